The molecule has 4 N–H and O–H groups in total. The SMILES string of the molecule is CC1(C)CCCNC1CNc1cc(Br)ccc1C(N)=O. The van der Waals surface area contributed by atoms with E-state index in [1.807, 2.05) is 12.1 Å². The molecule has 1 atom stereocenters. The Morgan fingerprint density at radius 3 is 2.95 bits per heavy atom. The number of nitrogens with one attached hydrogen (secondary N) is 2. The number of hydrogen-bond donors (Lipinski definition) is 3. The lowest BCUT2D eigenvalue weighted by Gasteiger charge is -2.39. The molecule has 1 heterocycles. The number of piperidine rings is 1. The van der Waals surface area contributed by atoms with Crippen molar-refractivity contribution >= 4 is 27.5 Å². The standard InChI is InChI=1S/C15H22BrN3O/c1-15(2)6-3-7-18-13(15)9-19-12-8-10(16)4-5-11(12)14(17)20/h4-5,8,13,18-19H,3,6-7,9H2,1-2H3,(H2,17,20). The van der Waals surface area contributed by atoms with Crippen molar-refractivity contribution in [2.45, 2.75) is 32.7 Å². The molecule has 1 aliphatic rings. The van der Waals surface area contributed by atoms with Crippen LogP contribution in [0.3, 0.4) is 0 Å². The second kappa shape index (κ2) is 6.14. The molecule has 4 nitrogen and oxygen atoms in total. The molecule has 1 aromatic carbocycles. The molecule has 110 valence electrons. The molecule has 1 aromatic rings. The van der Waals surface area contributed by atoms with E-state index in [4.69, 9.17) is 5.73 Å². The molecular weight excluding hydrogens is 318 g/mol. The van der Waals surface area contributed by atoms with Crippen LogP contribution in [0.15, 0.2) is 22.7 Å². The molecule has 20 heavy (non-hydrogen) atoms. The summed E-state index contributed by atoms with van der Waals surface area (Å²) in [6.07, 6.45) is 2.43. The third kappa shape index (κ3) is 3.52. The number of halogens is 1. The Morgan fingerprint density at radius 2 is 2.30 bits per heavy atom. The molecule has 1 unspecified atom stereocenters. The molecule has 0 aliphatic carbocycles. The number of nitrogens with two attached hydrogens (primary N) is 1. The van der Waals surface area contributed by atoms with E-state index in [0.717, 1.165) is 23.2 Å². The maximum Gasteiger partial charge on any atom is 0.250 e. The van der Waals surface area contributed by atoms with E-state index < -0.39 is 5.91 Å². The molecule has 1 amide bonds. The lowest BCUT2D eigenvalue weighted by atomic mass is 9.77. The number of benzene rings is 1. The number of carbonyl (C=O) groups is 1. The molecule has 0 aromatic heterocycles. The Bertz CT molecular complexity index is 502. The third-order valence-electron chi connectivity index (χ3n) is 4.08. The lowest BCUT2D eigenvalue weighted by Crippen LogP contribution is -2.50. The highest BCUT2D eigenvalue weighted by Gasteiger charge is 2.31. The second-order valence-corrected chi connectivity index (χ2v) is 6.95. The van der Waals surface area contributed by atoms with Gasteiger partial charge in [-0.3, -0.25) is 4.79 Å². The van der Waals surface area contributed by atoms with Gasteiger partial charge in [-0.1, -0.05) is 29.8 Å². The monoisotopic (exact) mass is 339 g/mol. The van der Waals surface area contributed by atoms with Crippen LogP contribution in [-0.2, 0) is 0 Å². The van der Waals surface area contributed by atoms with Crippen molar-refractivity contribution in [3.05, 3.63) is 28.2 Å². The summed E-state index contributed by atoms with van der Waals surface area (Å²) < 4.78 is 0.931. The van der Waals surface area contributed by atoms with E-state index in [1.165, 1.54) is 12.8 Å². The second-order valence-electron chi connectivity index (χ2n) is 6.03. The van der Waals surface area contributed by atoms with Crippen molar-refractivity contribution in [1.82, 2.24) is 5.32 Å². The van der Waals surface area contributed by atoms with E-state index in [0.29, 0.717) is 11.6 Å². The summed E-state index contributed by atoms with van der Waals surface area (Å²) in [6.45, 7) is 6.39. The molecule has 1 fully saturated rings. The predicted molar refractivity (Wildman–Crippen MR) is 86.0 cm³/mol. The summed E-state index contributed by atoms with van der Waals surface area (Å²) in [7, 11) is 0. The van der Waals surface area contributed by atoms with E-state index in [9.17, 15) is 4.79 Å². The van der Waals surface area contributed by atoms with Crippen molar-refractivity contribution in [3.63, 3.8) is 0 Å². The molecule has 0 spiro atoms. The van der Waals surface area contributed by atoms with Crippen LogP contribution in [0.1, 0.15) is 37.0 Å². The zero-order valence-corrected chi connectivity index (χ0v) is 13.6. The smallest absolute Gasteiger partial charge is 0.250 e. The van der Waals surface area contributed by atoms with Crippen molar-refractivity contribution in [3.8, 4) is 0 Å². The van der Waals surface area contributed by atoms with Gasteiger partial charge in [-0.25, -0.2) is 0 Å². The van der Waals surface area contributed by atoms with Gasteiger partial charge in [-0.2, -0.15) is 0 Å². The summed E-state index contributed by atoms with van der Waals surface area (Å²) in [5.41, 5.74) is 6.99. The van der Waals surface area contributed by atoms with Crippen molar-refractivity contribution < 1.29 is 4.79 Å². The predicted octanol–water partition coefficient (Wildman–Crippen LogP) is 2.74. The summed E-state index contributed by atoms with van der Waals surface area (Å²) in [5, 5.41) is 6.92. The average molecular weight is 340 g/mol. The van der Waals surface area contributed by atoms with Crippen LogP contribution in [0.4, 0.5) is 5.69 Å². The van der Waals surface area contributed by atoms with E-state index >= 15 is 0 Å². The van der Waals surface area contributed by atoms with Gasteiger partial charge < -0.3 is 16.4 Å². The van der Waals surface area contributed by atoms with Crippen molar-refractivity contribution in [2.75, 3.05) is 18.4 Å². The van der Waals surface area contributed by atoms with Gasteiger partial charge in [-0.15, -0.1) is 0 Å². The summed E-state index contributed by atoms with van der Waals surface area (Å²) in [4.78, 5) is 11.5. The highest BCUT2D eigenvalue weighted by molar-refractivity contribution is 9.10. The number of rotatable bonds is 4. The Morgan fingerprint density at radius 1 is 1.55 bits per heavy atom. The lowest BCUT2D eigenvalue weighted by molar-refractivity contribution is 0.100. The first-order chi connectivity index (χ1) is 9.40. The molecule has 0 radical (unpaired) electrons. The van der Waals surface area contributed by atoms with Gasteiger partial charge in [0.05, 0.1) is 5.56 Å². The third-order valence-corrected chi connectivity index (χ3v) is 4.57. The van der Waals surface area contributed by atoms with Gasteiger partial charge in [0.15, 0.2) is 0 Å². The van der Waals surface area contributed by atoms with Crippen molar-refractivity contribution in [2.24, 2.45) is 11.1 Å². The van der Waals surface area contributed by atoms with E-state index in [1.54, 1.807) is 6.07 Å². The quantitative estimate of drug-likeness (QED) is 0.790. The average Bonchev–Trinajstić information content (AvgIpc) is 2.36. The minimum atomic E-state index is -0.407. The molecule has 0 saturated carbocycles. The molecule has 0 bridgehead atoms. The van der Waals surface area contributed by atoms with Gasteiger partial charge in [-0.05, 0) is 43.0 Å². The maximum absolute atomic E-state index is 11.5. The van der Waals surface area contributed by atoms with Crippen LogP contribution in [0.5, 0.6) is 0 Å². The maximum atomic E-state index is 11.5. The Hall–Kier alpha value is -1.07. The number of carbonyl (C=O) groups excluding carboxylic acids is 1. The van der Waals surface area contributed by atoms with Crippen LogP contribution in [0.2, 0.25) is 0 Å². The van der Waals surface area contributed by atoms with Gasteiger partial charge in [0, 0.05) is 22.7 Å². The first kappa shape index (κ1) is 15.3. The Kier molecular flexibility index (Phi) is 4.70. The summed E-state index contributed by atoms with van der Waals surface area (Å²) >= 11 is 3.43. The highest BCUT2D eigenvalue weighted by Crippen LogP contribution is 2.30. The van der Waals surface area contributed by atoms with Gasteiger partial charge in [0.25, 0.3) is 5.91 Å². The molecule has 1 aliphatic heterocycles. The number of primary amides is 1. The van der Waals surface area contributed by atoms with E-state index in [-0.39, 0.29) is 5.41 Å². The summed E-state index contributed by atoms with van der Waals surface area (Å²) in [5.74, 6) is -0.407. The number of amides is 1. The minimum Gasteiger partial charge on any atom is -0.383 e. The molecule has 1 saturated heterocycles. The van der Waals surface area contributed by atoms with E-state index in [2.05, 4.69) is 40.4 Å². The molecule has 5 heteroatoms. The first-order valence-electron chi connectivity index (χ1n) is 6.97. The largest absolute Gasteiger partial charge is 0.383 e. The molecular formula is C15H22BrN3O. The van der Waals surface area contributed by atoms with Gasteiger partial charge in [0.1, 0.15) is 0 Å². The number of anilines is 1. The Labute approximate surface area is 128 Å². The van der Waals surface area contributed by atoms with Crippen LogP contribution in [-0.4, -0.2) is 25.0 Å². The zero-order chi connectivity index (χ0) is 14.8. The Balaban J connectivity index is 2.10. The summed E-state index contributed by atoms with van der Waals surface area (Å²) in [6, 6.07) is 5.86. The van der Waals surface area contributed by atoms with Gasteiger partial charge >= 0.3 is 0 Å². The number of hydrogen-bond acceptors (Lipinski definition) is 3. The minimum absolute atomic E-state index is 0.254. The van der Waals surface area contributed by atoms with Crippen LogP contribution in [0, 0.1) is 5.41 Å². The normalized spacial score (nSPS) is 21.4. The van der Waals surface area contributed by atoms with Crippen LogP contribution >= 0.6 is 15.9 Å². The van der Waals surface area contributed by atoms with Crippen LogP contribution < -0.4 is 16.4 Å². The first-order valence-corrected chi connectivity index (χ1v) is 7.76. The fourth-order valence-electron chi connectivity index (χ4n) is 2.71. The fraction of sp³-hybridized carbons (Fsp3) is 0.533. The van der Waals surface area contributed by atoms with Crippen LogP contribution in [0.25, 0.3) is 0 Å². The topological polar surface area (TPSA) is 67.2 Å². The highest BCUT2D eigenvalue weighted by atomic mass is 79.9. The van der Waals surface area contributed by atoms with Gasteiger partial charge in [0.2, 0.25) is 0 Å². The zero-order valence-electron chi connectivity index (χ0n) is 12.0. The fourth-order valence-corrected chi connectivity index (χ4v) is 3.07. The molecule has 2 rings (SSSR count). The van der Waals surface area contributed by atoms with Crippen molar-refractivity contribution in [1.29, 1.82) is 0 Å².